The summed E-state index contributed by atoms with van der Waals surface area (Å²) in [6.45, 7) is 5.67. The molecule has 6 heteroatoms. The van der Waals surface area contributed by atoms with Gasteiger partial charge >= 0.3 is 0 Å². The first-order valence-corrected chi connectivity index (χ1v) is 9.38. The summed E-state index contributed by atoms with van der Waals surface area (Å²) in [4.78, 5) is 14.4. The molecule has 0 atom stereocenters. The summed E-state index contributed by atoms with van der Waals surface area (Å²) in [5.41, 5.74) is 2.37. The third-order valence-corrected chi connectivity index (χ3v) is 4.83. The Morgan fingerprint density at radius 3 is 2.96 bits per heavy atom. The van der Waals surface area contributed by atoms with E-state index in [1.54, 1.807) is 6.33 Å². The third-order valence-electron chi connectivity index (χ3n) is 4.83. The van der Waals surface area contributed by atoms with Crippen molar-refractivity contribution in [1.29, 1.82) is 0 Å². The Kier molecular flexibility index (Phi) is 4.91. The normalized spacial score (nSPS) is 14.1. The van der Waals surface area contributed by atoms with Crippen molar-refractivity contribution in [1.82, 2.24) is 15.0 Å². The Balaban J connectivity index is 1.43. The minimum absolute atomic E-state index is 0.669. The van der Waals surface area contributed by atoms with Crippen molar-refractivity contribution in [2.75, 3.05) is 36.5 Å². The maximum absolute atomic E-state index is 5.79. The highest BCUT2D eigenvalue weighted by molar-refractivity contribution is 5.89. The van der Waals surface area contributed by atoms with E-state index in [2.05, 4.69) is 37.4 Å². The minimum atomic E-state index is 0.669. The van der Waals surface area contributed by atoms with Crippen molar-refractivity contribution in [2.24, 2.45) is 0 Å². The fourth-order valence-electron chi connectivity index (χ4n) is 3.58. The van der Waals surface area contributed by atoms with E-state index in [1.165, 1.54) is 23.8 Å². The summed E-state index contributed by atoms with van der Waals surface area (Å²) >= 11 is 0. The van der Waals surface area contributed by atoms with E-state index in [4.69, 9.17) is 4.74 Å². The van der Waals surface area contributed by atoms with Gasteiger partial charge in [0.1, 0.15) is 23.7 Å². The fraction of sp³-hybridized carbons (Fsp3) is 0.400. The van der Waals surface area contributed by atoms with E-state index < -0.39 is 0 Å². The van der Waals surface area contributed by atoms with E-state index in [9.17, 15) is 0 Å². The molecule has 4 rings (SSSR count). The van der Waals surface area contributed by atoms with Crippen LogP contribution < -0.4 is 15.0 Å². The van der Waals surface area contributed by atoms with Crippen molar-refractivity contribution in [3.8, 4) is 5.75 Å². The molecule has 3 heterocycles. The van der Waals surface area contributed by atoms with Crippen LogP contribution in [0.4, 0.5) is 11.6 Å². The van der Waals surface area contributed by atoms with Crippen LogP contribution in [0.1, 0.15) is 25.3 Å². The molecule has 1 aliphatic rings. The van der Waals surface area contributed by atoms with Crippen molar-refractivity contribution < 1.29 is 4.74 Å². The molecule has 2 N–H and O–H groups in total. The van der Waals surface area contributed by atoms with Gasteiger partial charge in [0, 0.05) is 42.8 Å². The first-order chi connectivity index (χ1) is 12.8. The molecule has 0 unspecified atom stereocenters. The predicted octanol–water partition coefficient (Wildman–Crippen LogP) is 3.61. The molecular formula is C20H25N5O. The number of rotatable bonds is 7. The number of hydrogen-bond acceptors (Lipinski definition) is 5. The number of nitrogens with zero attached hydrogens (tertiary/aromatic N) is 3. The van der Waals surface area contributed by atoms with Gasteiger partial charge in [-0.3, -0.25) is 0 Å². The smallest absolute Gasteiger partial charge is 0.134 e. The van der Waals surface area contributed by atoms with Gasteiger partial charge in [-0.05, 0) is 43.9 Å². The number of hydrogen-bond donors (Lipinski definition) is 2. The van der Waals surface area contributed by atoms with Crippen molar-refractivity contribution >= 4 is 22.5 Å². The zero-order valence-electron chi connectivity index (χ0n) is 15.2. The fourth-order valence-corrected chi connectivity index (χ4v) is 3.58. The van der Waals surface area contributed by atoms with Gasteiger partial charge in [0.15, 0.2) is 0 Å². The van der Waals surface area contributed by atoms with Crippen LogP contribution in [0.25, 0.3) is 10.9 Å². The molecule has 6 nitrogen and oxygen atoms in total. The first kappa shape index (κ1) is 16.7. The van der Waals surface area contributed by atoms with Gasteiger partial charge in [-0.2, -0.15) is 0 Å². The second kappa shape index (κ2) is 7.64. The molecule has 0 amide bonds. The number of fused-ring (bicyclic) bond motifs is 1. The summed E-state index contributed by atoms with van der Waals surface area (Å²) in [7, 11) is 0. The van der Waals surface area contributed by atoms with Crippen LogP contribution in [0, 0.1) is 0 Å². The lowest BCUT2D eigenvalue weighted by Crippen LogP contribution is -2.19. The molecule has 1 fully saturated rings. The number of aromatic nitrogens is 3. The lowest BCUT2D eigenvalue weighted by Gasteiger charge is -2.16. The minimum Gasteiger partial charge on any atom is -0.493 e. The van der Waals surface area contributed by atoms with Gasteiger partial charge in [-0.25, -0.2) is 9.97 Å². The zero-order valence-corrected chi connectivity index (χ0v) is 15.2. The number of nitrogens with one attached hydrogen (secondary N) is 2. The van der Waals surface area contributed by atoms with Crippen molar-refractivity contribution in [3.05, 3.63) is 42.4 Å². The van der Waals surface area contributed by atoms with Crippen LogP contribution in [-0.2, 0) is 6.42 Å². The highest BCUT2D eigenvalue weighted by atomic mass is 16.5. The van der Waals surface area contributed by atoms with Gasteiger partial charge in [-0.15, -0.1) is 0 Å². The van der Waals surface area contributed by atoms with Gasteiger partial charge in [0.05, 0.1) is 6.61 Å². The summed E-state index contributed by atoms with van der Waals surface area (Å²) in [5, 5.41) is 4.61. The molecule has 0 aliphatic carbocycles. The highest BCUT2D eigenvalue weighted by Gasteiger charge is 2.14. The van der Waals surface area contributed by atoms with E-state index in [0.29, 0.717) is 6.61 Å². The number of anilines is 2. The van der Waals surface area contributed by atoms with Crippen molar-refractivity contribution in [3.63, 3.8) is 0 Å². The van der Waals surface area contributed by atoms with E-state index >= 15 is 0 Å². The Labute approximate surface area is 153 Å². The summed E-state index contributed by atoms with van der Waals surface area (Å²) in [6.07, 6.45) is 7.11. The molecule has 2 aromatic heterocycles. The molecule has 1 aromatic carbocycles. The number of H-pyrrole nitrogens is 1. The van der Waals surface area contributed by atoms with Crippen LogP contribution in [-0.4, -0.2) is 41.2 Å². The second-order valence-corrected chi connectivity index (χ2v) is 6.56. The van der Waals surface area contributed by atoms with Crippen molar-refractivity contribution in [2.45, 2.75) is 26.2 Å². The van der Waals surface area contributed by atoms with E-state index in [1.807, 2.05) is 25.1 Å². The SMILES string of the molecule is CCOc1cccc2[nH]cc(CCNc3cc(N4CCCC4)ncn3)c12. The average Bonchev–Trinajstić information content (AvgIpc) is 3.33. The Morgan fingerprint density at radius 2 is 2.12 bits per heavy atom. The largest absolute Gasteiger partial charge is 0.493 e. The van der Waals surface area contributed by atoms with Gasteiger partial charge in [-0.1, -0.05) is 6.07 Å². The molecule has 26 heavy (non-hydrogen) atoms. The molecule has 0 saturated carbocycles. The topological polar surface area (TPSA) is 66.1 Å². The monoisotopic (exact) mass is 351 g/mol. The van der Waals surface area contributed by atoms with E-state index in [-0.39, 0.29) is 0 Å². The summed E-state index contributed by atoms with van der Waals surface area (Å²) in [5.74, 6) is 2.84. The maximum Gasteiger partial charge on any atom is 0.134 e. The Morgan fingerprint density at radius 1 is 1.23 bits per heavy atom. The van der Waals surface area contributed by atoms with Crippen LogP contribution in [0.5, 0.6) is 5.75 Å². The predicted molar refractivity (Wildman–Crippen MR) is 105 cm³/mol. The van der Waals surface area contributed by atoms with Crippen LogP contribution in [0.2, 0.25) is 0 Å². The van der Waals surface area contributed by atoms with Crippen LogP contribution in [0.3, 0.4) is 0 Å². The molecule has 0 bridgehead atoms. The third kappa shape index (κ3) is 3.45. The molecule has 0 radical (unpaired) electrons. The molecule has 1 aliphatic heterocycles. The standard InChI is InChI=1S/C20H25N5O/c1-2-26-17-7-5-6-16-20(17)15(13-22-16)8-9-21-18-12-19(24-14-23-18)25-10-3-4-11-25/h5-7,12-14,22H,2-4,8-11H2,1H3,(H,21,23,24). The number of ether oxygens (including phenoxy) is 1. The lowest BCUT2D eigenvalue weighted by atomic mass is 10.1. The average molecular weight is 351 g/mol. The first-order valence-electron chi connectivity index (χ1n) is 9.38. The molecule has 1 saturated heterocycles. The molecular weight excluding hydrogens is 326 g/mol. The van der Waals surface area contributed by atoms with Gasteiger partial charge < -0.3 is 19.9 Å². The molecule has 3 aromatic rings. The summed E-state index contributed by atoms with van der Waals surface area (Å²) in [6, 6.07) is 8.18. The molecule has 0 spiro atoms. The van der Waals surface area contributed by atoms with E-state index in [0.717, 1.165) is 49.0 Å². The lowest BCUT2D eigenvalue weighted by molar-refractivity contribution is 0.344. The van der Waals surface area contributed by atoms with Crippen LogP contribution >= 0.6 is 0 Å². The maximum atomic E-state index is 5.79. The number of benzene rings is 1. The van der Waals surface area contributed by atoms with Gasteiger partial charge in [0.2, 0.25) is 0 Å². The summed E-state index contributed by atoms with van der Waals surface area (Å²) < 4.78 is 5.79. The zero-order chi connectivity index (χ0) is 17.8. The van der Waals surface area contributed by atoms with Crippen LogP contribution in [0.15, 0.2) is 36.8 Å². The number of aromatic amines is 1. The quantitative estimate of drug-likeness (QED) is 0.681. The van der Waals surface area contributed by atoms with Gasteiger partial charge in [0.25, 0.3) is 0 Å². The Bertz CT molecular complexity index is 870. The highest BCUT2D eigenvalue weighted by Crippen LogP contribution is 2.29. The Hall–Kier alpha value is -2.76. The second-order valence-electron chi connectivity index (χ2n) is 6.56. The molecule has 136 valence electrons.